The highest BCUT2D eigenvalue weighted by atomic mass is 79.9. The fourth-order valence-corrected chi connectivity index (χ4v) is 7.86. The molecule has 0 amide bonds. The molecule has 0 aliphatic carbocycles. The van der Waals surface area contributed by atoms with Crippen molar-refractivity contribution in [3.05, 3.63) is 43.0 Å². The van der Waals surface area contributed by atoms with E-state index in [-0.39, 0.29) is 0 Å². The Labute approximate surface area is 230 Å². The monoisotopic (exact) mass is 626 g/mol. The molecule has 0 atom stereocenters. The summed E-state index contributed by atoms with van der Waals surface area (Å²) in [6, 6.07) is 8.87. The van der Waals surface area contributed by atoms with Crippen LogP contribution in [0.3, 0.4) is 0 Å². The maximum absolute atomic E-state index is 5.77. The van der Waals surface area contributed by atoms with Crippen LogP contribution >= 0.6 is 54.5 Å². The number of hydrogen-bond acceptors (Lipinski definition) is 4. The maximum Gasteiger partial charge on any atom is 0.137 e. The number of methoxy groups -OCH3 is 2. The van der Waals surface area contributed by atoms with Crippen molar-refractivity contribution in [3.8, 4) is 32.4 Å². The van der Waals surface area contributed by atoms with Gasteiger partial charge in [-0.15, -0.1) is 22.7 Å². The van der Waals surface area contributed by atoms with Gasteiger partial charge < -0.3 is 9.47 Å². The zero-order valence-electron chi connectivity index (χ0n) is 20.8. The Balaban J connectivity index is 1.87. The Morgan fingerprint density at radius 2 is 1.03 bits per heavy atom. The van der Waals surface area contributed by atoms with E-state index < -0.39 is 0 Å². The van der Waals surface area contributed by atoms with Crippen molar-refractivity contribution < 1.29 is 9.47 Å². The fourth-order valence-electron chi connectivity index (χ4n) is 4.12. The third-order valence-electron chi connectivity index (χ3n) is 6.04. The summed E-state index contributed by atoms with van der Waals surface area (Å²) in [5, 5.41) is 0. The van der Waals surface area contributed by atoms with E-state index in [1.165, 1.54) is 70.9 Å². The summed E-state index contributed by atoms with van der Waals surface area (Å²) >= 11 is 11.4. The van der Waals surface area contributed by atoms with E-state index >= 15 is 0 Å². The fraction of sp³-hybridized carbons (Fsp3) is 0.500. The molecule has 6 heteroatoms. The van der Waals surface area contributed by atoms with Crippen molar-refractivity contribution in [3.63, 3.8) is 0 Å². The largest absolute Gasteiger partial charge is 0.495 e. The zero-order chi connectivity index (χ0) is 24.5. The van der Waals surface area contributed by atoms with Crippen LogP contribution in [0.5, 0.6) is 11.5 Å². The van der Waals surface area contributed by atoms with Crippen LogP contribution in [0, 0.1) is 0 Å². The van der Waals surface area contributed by atoms with Crippen molar-refractivity contribution in [1.29, 1.82) is 0 Å². The summed E-state index contributed by atoms with van der Waals surface area (Å²) in [6.07, 6.45) is 12.4. The van der Waals surface area contributed by atoms with Crippen molar-refractivity contribution in [2.45, 2.75) is 78.1 Å². The minimum absolute atomic E-state index is 0.957. The first-order valence-corrected chi connectivity index (χ1v) is 15.6. The molecule has 0 bridgehead atoms. The lowest BCUT2D eigenvalue weighted by Crippen LogP contribution is -1.87. The third-order valence-corrected chi connectivity index (χ3v) is 9.77. The molecule has 0 saturated carbocycles. The summed E-state index contributed by atoms with van der Waals surface area (Å²) in [4.78, 5) is 5.15. The molecule has 0 spiro atoms. The SMILES string of the molecule is CCCCCCc1cc(OC)c(-c2cc(Br)c(-c3sc(CCCCCC)cc3OC)cc2Br)s1. The van der Waals surface area contributed by atoms with E-state index in [2.05, 4.69) is 70.0 Å². The summed E-state index contributed by atoms with van der Waals surface area (Å²) in [7, 11) is 3.53. The van der Waals surface area contributed by atoms with Gasteiger partial charge >= 0.3 is 0 Å². The number of halogens is 2. The topological polar surface area (TPSA) is 18.5 Å². The zero-order valence-corrected chi connectivity index (χ0v) is 25.6. The molecule has 0 radical (unpaired) electrons. The minimum atomic E-state index is 0.957. The van der Waals surface area contributed by atoms with Gasteiger partial charge in [0, 0.05) is 29.8 Å². The van der Waals surface area contributed by atoms with Crippen LogP contribution < -0.4 is 9.47 Å². The highest BCUT2D eigenvalue weighted by Gasteiger charge is 2.20. The van der Waals surface area contributed by atoms with Gasteiger partial charge in [-0.2, -0.15) is 0 Å². The van der Waals surface area contributed by atoms with Gasteiger partial charge in [0.05, 0.1) is 24.0 Å². The highest BCUT2D eigenvalue weighted by Crippen LogP contribution is 2.48. The predicted molar refractivity (Wildman–Crippen MR) is 157 cm³/mol. The van der Waals surface area contributed by atoms with Crippen LogP contribution in [0.15, 0.2) is 33.2 Å². The number of benzene rings is 1. The molecule has 186 valence electrons. The number of rotatable bonds is 14. The number of hydrogen-bond donors (Lipinski definition) is 0. The molecule has 0 saturated heterocycles. The van der Waals surface area contributed by atoms with Gasteiger partial charge in [-0.3, -0.25) is 0 Å². The average Bonchev–Trinajstić information content (AvgIpc) is 3.44. The molecular weight excluding hydrogens is 592 g/mol. The predicted octanol–water partition coefficient (Wildman–Crippen LogP) is 10.9. The molecule has 2 heterocycles. The Hall–Kier alpha value is -0.820. The van der Waals surface area contributed by atoms with Crippen LogP contribution in [-0.4, -0.2) is 14.2 Å². The Morgan fingerprint density at radius 1 is 0.618 bits per heavy atom. The second-order valence-corrected chi connectivity index (χ2v) is 12.6. The summed E-state index contributed by atoms with van der Waals surface area (Å²) in [5.74, 6) is 1.91. The molecule has 0 aliphatic rings. The van der Waals surface area contributed by atoms with E-state index in [1.807, 2.05) is 22.7 Å². The molecule has 2 aromatic heterocycles. The second kappa shape index (κ2) is 14.1. The van der Waals surface area contributed by atoms with E-state index in [0.29, 0.717) is 0 Å². The summed E-state index contributed by atoms with van der Waals surface area (Å²) in [5.41, 5.74) is 2.32. The van der Waals surface area contributed by atoms with Crippen LogP contribution in [0.1, 0.15) is 75.0 Å². The average molecular weight is 629 g/mol. The van der Waals surface area contributed by atoms with Gasteiger partial charge in [-0.05, 0) is 49.9 Å². The lowest BCUT2D eigenvalue weighted by Gasteiger charge is -2.11. The molecule has 3 rings (SSSR count). The van der Waals surface area contributed by atoms with E-state index in [9.17, 15) is 0 Å². The van der Waals surface area contributed by atoms with Crippen molar-refractivity contribution >= 4 is 54.5 Å². The summed E-state index contributed by atoms with van der Waals surface area (Å²) < 4.78 is 13.7. The molecule has 0 aliphatic heterocycles. The van der Waals surface area contributed by atoms with Gasteiger partial charge in [0.2, 0.25) is 0 Å². The Morgan fingerprint density at radius 3 is 1.38 bits per heavy atom. The van der Waals surface area contributed by atoms with E-state index in [0.717, 1.165) is 44.4 Å². The second-order valence-electron chi connectivity index (χ2n) is 8.65. The van der Waals surface area contributed by atoms with Gasteiger partial charge in [0.15, 0.2) is 0 Å². The molecule has 0 N–H and O–H groups in total. The quantitative estimate of drug-likeness (QED) is 0.165. The van der Waals surface area contributed by atoms with Gasteiger partial charge in [0.25, 0.3) is 0 Å². The highest BCUT2D eigenvalue weighted by molar-refractivity contribution is 9.11. The van der Waals surface area contributed by atoms with Gasteiger partial charge in [0.1, 0.15) is 11.5 Å². The number of ether oxygens (including phenoxy) is 2. The number of unbranched alkanes of at least 4 members (excludes halogenated alkanes) is 6. The number of thiophene rings is 2. The number of aryl methyl sites for hydroxylation is 2. The molecule has 3 aromatic rings. The minimum Gasteiger partial charge on any atom is -0.495 e. The Kier molecular flexibility index (Phi) is 11.5. The Bertz CT molecular complexity index is 971. The first-order valence-electron chi connectivity index (χ1n) is 12.3. The molecule has 1 aromatic carbocycles. The smallest absolute Gasteiger partial charge is 0.137 e. The van der Waals surface area contributed by atoms with Crippen molar-refractivity contribution in [1.82, 2.24) is 0 Å². The van der Waals surface area contributed by atoms with Crippen LogP contribution in [0.2, 0.25) is 0 Å². The molecule has 2 nitrogen and oxygen atoms in total. The first kappa shape index (κ1) is 27.8. The van der Waals surface area contributed by atoms with E-state index in [4.69, 9.17) is 9.47 Å². The lowest BCUT2D eigenvalue weighted by molar-refractivity contribution is 0.417. The third kappa shape index (κ3) is 7.11. The van der Waals surface area contributed by atoms with Gasteiger partial charge in [-0.25, -0.2) is 0 Å². The maximum atomic E-state index is 5.77. The van der Waals surface area contributed by atoms with Crippen molar-refractivity contribution in [2.24, 2.45) is 0 Å². The molecular formula is C28H36Br2O2S2. The van der Waals surface area contributed by atoms with Gasteiger partial charge in [-0.1, -0.05) is 84.2 Å². The normalized spacial score (nSPS) is 11.2. The van der Waals surface area contributed by atoms with E-state index in [1.54, 1.807) is 14.2 Å². The molecule has 34 heavy (non-hydrogen) atoms. The summed E-state index contributed by atoms with van der Waals surface area (Å²) in [6.45, 7) is 4.51. The lowest BCUT2D eigenvalue weighted by atomic mass is 10.1. The molecule has 0 unspecified atom stereocenters. The van der Waals surface area contributed by atoms with Crippen LogP contribution in [0.4, 0.5) is 0 Å². The molecule has 0 fully saturated rings. The first-order chi connectivity index (χ1) is 16.5. The van der Waals surface area contributed by atoms with Crippen LogP contribution in [0.25, 0.3) is 20.9 Å². The van der Waals surface area contributed by atoms with Crippen LogP contribution in [-0.2, 0) is 12.8 Å². The van der Waals surface area contributed by atoms with Crippen molar-refractivity contribution in [2.75, 3.05) is 14.2 Å². The standard InChI is InChI=1S/C28H36Br2O2S2/c1-5-7-9-11-13-19-15-25(31-3)27(33-19)21-17-24(30)22(18-23(21)29)28-26(32-4)16-20(34-28)14-12-10-8-6-2/h15-18H,5-14H2,1-4H3.